The molecule has 6 heteroatoms. The third-order valence-corrected chi connectivity index (χ3v) is 5.49. The van der Waals surface area contributed by atoms with Crippen LogP contribution in [-0.4, -0.2) is 20.0 Å². The zero-order valence-electron chi connectivity index (χ0n) is 13.9. The molecule has 120 valence electrons. The number of nitrogens with one attached hydrogen (secondary N) is 1. The van der Waals surface area contributed by atoms with E-state index in [-0.39, 0.29) is 11.1 Å². The van der Waals surface area contributed by atoms with Crippen molar-refractivity contribution in [1.82, 2.24) is 25.3 Å². The fourth-order valence-corrected chi connectivity index (χ4v) is 4.02. The Kier molecular flexibility index (Phi) is 4.07. The van der Waals surface area contributed by atoms with E-state index in [1.165, 1.54) is 17.8 Å². The van der Waals surface area contributed by atoms with E-state index < -0.39 is 0 Å². The maximum absolute atomic E-state index is 4.74. The van der Waals surface area contributed by atoms with Gasteiger partial charge in [0.25, 0.3) is 0 Å². The third kappa shape index (κ3) is 3.08. The van der Waals surface area contributed by atoms with Crippen LogP contribution in [0.2, 0.25) is 0 Å². The van der Waals surface area contributed by atoms with Crippen molar-refractivity contribution in [1.29, 1.82) is 0 Å². The van der Waals surface area contributed by atoms with E-state index in [1.54, 1.807) is 11.3 Å². The molecule has 1 aliphatic rings. The average molecular weight is 319 g/mol. The highest BCUT2D eigenvalue weighted by Gasteiger charge is 2.37. The predicted molar refractivity (Wildman–Crippen MR) is 88.9 cm³/mol. The second-order valence-electron chi connectivity index (χ2n) is 7.26. The maximum Gasteiger partial charge on any atom is 0.113 e. The highest BCUT2D eigenvalue weighted by molar-refractivity contribution is 7.09. The van der Waals surface area contributed by atoms with Crippen molar-refractivity contribution in [3.63, 3.8) is 0 Å². The fourth-order valence-electron chi connectivity index (χ4n) is 2.99. The first-order valence-corrected chi connectivity index (χ1v) is 8.86. The summed E-state index contributed by atoms with van der Waals surface area (Å²) in [7, 11) is 0. The van der Waals surface area contributed by atoms with Crippen LogP contribution in [0.3, 0.4) is 0 Å². The highest BCUT2D eigenvalue weighted by Crippen LogP contribution is 2.40. The second-order valence-corrected chi connectivity index (χ2v) is 8.12. The molecule has 2 aromatic heterocycles. The van der Waals surface area contributed by atoms with Gasteiger partial charge >= 0.3 is 0 Å². The summed E-state index contributed by atoms with van der Waals surface area (Å²) < 4.78 is 1.93. The van der Waals surface area contributed by atoms with Crippen LogP contribution in [0, 0.1) is 6.92 Å². The molecule has 0 atom stereocenters. The van der Waals surface area contributed by atoms with Crippen LogP contribution in [0.25, 0.3) is 0 Å². The zero-order valence-corrected chi connectivity index (χ0v) is 14.7. The minimum absolute atomic E-state index is 0.0251. The topological polar surface area (TPSA) is 55.6 Å². The molecule has 0 saturated heterocycles. The standard InChI is InChI=1S/C16H25N5S/c1-12-11-22-14(18-12)16(7-5-6-8-16)17-9-13-10-21(20-19-13)15(2,3)4/h10-11,17H,5-9H2,1-4H3. The van der Waals surface area contributed by atoms with Gasteiger partial charge in [-0.3, -0.25) is 5.32 Å². The molecular weight excluding hydrogens is 294 g/mol. The van der Waals surface area contributed by atoms with Gasteiger partial charge in [-0.05, 0) is 40.5 Å². The van der Waals surface area contributed by atoms with Crippen LogP contribution in [-0.2, 0) is 17.6 Å². The number of aryl methyl sites for hydroxylation is 1. The molecule has 1 saturated carbocycles. The molecule has 1 aliphatic carbocycles. The lowest BCUT2D eigenvalue weighted by Crippen LogP contribution is -2.39. The SMILES string of the molecule is Cc1csc(C2(NCc3cn(C(C)(C)C)nn3)CCCC2)n1. The normalized spacial score (nSPS) is 18.0. The molecule has 3 rings (SSSR count). The molecule has 1 N–H and O–H groups in total. The zero-order chi connectivity index (χ0) is 15.8. The molecule has 0 radical (unpaired) electrons. The summed E-state index contributed by atoms with van der Waals surface area (Å²) in [5.74, 6) is 0. The van der Waals surface area contributed by atoms with Gasteiger partial charge in [0.1, 0.15) is 5.01 Å². The average Bonchev–Trinajstić information content (AvgIpc) is 3.16. The predicted octanol–water partition coefficient (Wildman–Crippen LogP) is 3.36. The molecule has 2 heterocycles. The Morgan fingerprint density at radius 3 is 2.59 bits per heavy atom. The van der Waals surface area contributed by atoms with Crippen LogP contribution >= 0.6 is 11.3 Å². The summed E-state index contributed by atoms with van der Waals surface area (Å²) in [6.45, 7) is 9.22. The molecule has 0 amide bonds. The number of thiazole rings is 1. The second kappa shape index (κ2) is 5.74. The number of aromatic nitrogens is 4. The van der Waals surface area contributed by atoms with Gasteiger partial charge < -0.3 is 0 Å². The quantitative estimate of drug-likeness (QED) is 0.939. The van der Waals surface area contributed by atoms with Gasteiger partial charge in [0, 0.05) is 17.6 Å². The van der Waals surface area contributed by atoms with Crippen LogP contribution in [0.1, 0.15) is 62.8 Å². The molecule has 0 aromatic carbocycles. The van der Waals surface area contributed by atoms with Crippen molar-refractivity contribution in [2.75, 3.05) is 0 Å². The minimum Gasteiger partial charge on any atom is -0.300 e. The molecule has 1 fully saturated rings. The first kappa shape index (κ1) is 15.6. The number of rotatable bonds is 4. The van der Waals surface area contributed by atoms with E-state index in [0.29, 0.717) is 0 Å². The lowest BCUT2D eigenvalue weighted by molar-refractivity contribution is 0.335. The van der Waals surface area contributed by atoms with Gasteiger partial charge in [0.15, 0.2) is 0 Å². The Morgan fingerprint density at radius 1 is 1.32 bits per heavy atom. The summed E-state index contributed by atoms with van der Waals surface area (Å²) in [6.07, 6.45) is 6.89. The number of hydrogen-bond acceptors (Lipinski definition) is 5. The summed E-state index contributed by atoms with van der Waals surface area (Å²) in [4.78, 5) is 4.74. The van der Waals surface area contributed by atoms with Crippen molar-refractivity contribution in [3.8, 4) is 0 Å². The first-order chi connectivity index (χ1) is 10.4. The third-order valence-electron chi connectivity index (χ3n) is 4.32. The number of nitrogens with zero attached hydrogens (tertiary/aromatic N) is 4. The van der Waals surface area contributed by atoms with Crippen molar-refractivity contribution in [3.05, 3.63) is 28.0 Å². The Labute approximate surface area is 136 Å². The van der Waals surface area contributed by atoms with E-state index in [9.17, 15) is 0 Å². The van der Waals surface area contributed by atoms with E-state index >= 15 is 0 Å². The molecular formula is C16H25N5S. The van der Waals surface area contributed by atoms with Crippen molar-refractivity contribution in [2.45, 2.75) is 71.0 Å². The maximum atomic E-state index is 4.74. The Bertz CT molecular complexity index is 631. The van der Waals surface area contributed by atoms with Gasteiger partial charge in [-0.25, -0.2) is 9.67 Å². The fraction of sp³-hybridized carbons (Fsp3) is 0.688. The van der Waals surface area contributed by atoms with E-state index in [4.69, 9.17) is 4.98 Å². The molecule has 2 aromatic rings. The molecule has 0 spiro atoms. The van der Waals surface area contributed by atoms with E-state index in [0.717, 1.165) is 30.8 Å². The van der Waals surface area contributed by atoms with Gasteiger partial charge in [-0.2, -0.15) is 0 Å². The molecule has 5 nitrogen and oxygen atoms in total. The lowest BCUT2D eigenvalue weighted by atomic mass is 9.98. The van der Waals surface area contributed by atoms with Gasteiger partial charge in [0.2, 0.25) is 0 Å². The summed E-state index contributed by atoms with van der Waals surface area (Å²) in [5.41, 5.74) is 2.12. The minimum atomic E-state index is -0.0251. The van der Waals surface area contributed by atoms with E-state index in [1.807, 2.05) is 10.9 Å². The monoisotopic (exact) mass is 319 g/mol. The van der Waals surface area contributed by atoms with Crippen molar-refractivity contribution >= 4 is 11.3 Å². The summed E-state index contributed by atoms with van der Waals surface area (Å²) in [5, 5.41) is 15.7. The van der Waals surface area contributed by atoms with Gasteiger partial charge in [-0.1, -0.05) is 18.1 Å². The van der Waals surface area contributed by atoms with Crippen LogP contribution in [0.5, 0.6) is 0 Å². The Balaban J connectivity index is 1.74. The molecule has 0 aliphatic heterocycles. The van der Waals surface area contributed by atoms with Gasteiger partial charge in [-0.15, -0.1) is 16.4 Å². The Morgan fingerprint density at radius 2 is 2.05 bits per heavy atom. The number of hydrogen-bond donors (Lipinski definition) is 1. The first-order valence-electron chi connectivity index (χ1n) is 7.98. The van der Waals surface area contributed by atoms with Gasteiger partial charge in [0.05, 0.1) is 23.0 Å². The van der Waals surface area contributed by atoms with Crippen molar-refractivity contribution < 1.29 is 0 Å². The smallest absolute Gasteiger partial charge is 0.113 e. The van der Waals surface area contributed by atoms with Crippen LogP contribution in [0.15, 0.2) is 11.6 Å². The summed E-state index contributed by atoms with van der Waals surface area (Å²) >= 11 is 1.78. The lowest BCUT2D eigenvalue weighted by Gasteiger charge is -2.28. The molecule has 0 unspecified atom stereocenters. The van der Waals surface area contributed by atoms with Crippen LogP contribution < -0.4 is 5.32 Å². The molecule has 0 bridgehead atoms. The summed E-state index contributed by atoms with van der Waals surface area (Å²) in [6, 6.07) is 0. The van der Waals surface area contributed by atoms with Crippen molar-refractivity contribution in [2.24, 2.45) is 0 Å². The molecule has 22 heavy (non-hydrogen) atoms. The van der Waals surface area contributed by atoms with Crippen LogP contribution in [0.4, 0.5) is 0 Å². The Hall–Kier alpha value is -1.27. The van der Waals surface area contributed by atoms with E-state index in [2.05, 4.69) is 48.7 Å². The highest BCUT2D eigenvalue weighted by atomic mass is 32.1. The largest absolute Gasteiger partial charge is 0.300 e.